The van der Waals surface area contributed by atoms with E-state index in [1.165, 1.54) is 0 Å². The molecule has 0 N–H and O–H groups in total. The first-order valence-corrected chi connectivity index (χ1v) is 1.000. The van der Waals surface area contributed by atoms with Crippen LogP contribution in [-0.4, -0.2) is 0 Å². The first-order chi connectivity index (χ1) is 1.41. The maximum absolute atomic E-state index is 3.38. The molecular formula is C3H6K-. The van der Waals surface area contributed by atoms with E-state index in [0.717, 1.165) is 6.42 Å². The number of hydrogen-bond acceptors (Lipinski definition) is 0. The van der Waals surface area contributed by atoms with Crippen molar-refractivity contribution < 1.29 is 51.4 Å². The van der Waals surface area contributed by atoms with Crippen molar-refractivity contribution in [1.82, 2.24) is 0 Å². The second-order valence-corrected chi connectivity index (χ2v) is 0.354. The Kier molecular flexibility index (Phi) is 20.2. The zero-order valence-corrected chi connectivity index (χ0v) is 6.24. The van der Waals surface area contributed by atoms with E-state index in [4.69, 9.17) is 0 Å². The van der Waals surface area contributed by atoms with Gasteiger partial charge in [0.15, 0.2) is 0 Å². The van der Waals surface area contributed by atoms with Gasteiger partial charge in [-0.1, -0.05) is 0 Å². The fraction of sp³-hybridized carbons (Fsp3) is 0.333. The molecule has 0 nitrogen and oxygen atoms in total. The zero-order chi connectivity index (χ0) is 2.71. The third kappa shape index (κ3) is 9.44. The standard InChI is InChI=1S/C3H6.K/c1-3-2;/h1-3H2;/q-2;+1. The minimum atomic E-state index is 0. The average Bonchev–Trinajstić information content (AvgIpc) is 0.918. The van der Waals surface area contributed by atoms with Gasteiger partial charge in [0.25, 0.3) is 0 Å². The zero-order valence-electron chi connectivity index (χ0n) is 3.12. The molecule has 0 saturated carbocycles. The summed E-state index contributed by atoms with van der Waals surface area (Å²) < 4.78 is 0. The predicted octanol–water partition coefficient (Wildman–Crippen LogP) is -1.95. The van der Waals surface area contributed by atoms with Gasteiger partial charge in [-0.15, -0.1) is 0 Å². The first kappa shape index (κ1) is 9.16. The second kappa shape index (κ2) is 8.82. The molecule has 0 spiro atoms. The van der Waals surface area contributed by atoms with Gasteiger partial charge in [0.2, 0.25) is 0 Å². The van der Waals surface area contributed by atoms with Gasteiger partial charge in [0, 0.05) is 0 Å². The van der Waals surface area contributed by atoms with Crippen molar-refractivity contribution >= 4 is 0 Å². The normalized spacial score (nSPS) is 4.50. The summed E-state index contributed by atoms with van der Waals surface area (Å²) in [6.45, 7) is 6.75. The molecule has 0 radical (unpaired) electrons. The molecule has 0 aromatic rings. The van der Waals surface area contributed by atoms with E-state index >= 15 is 0 Å². The van der Waals surface area contributed by atoms with Crippen LogP contribution in [0.4, 0.5) is 0 Å². The Labute approximate surface area is 70.4 Å². The van der Waals surface area contributed by atoms with E-state index in [1.807, 2.05) is 0 Å². The summed E-state index contributed by atoms with van der Waals surface area (Å²) in [4.78, 5) is 0. The van der Waals surface area contributed by atoms with Crippen molar-refractivity contribution in [1.29, 1.82) is 0 Å². The Bertz CT molecular complexity index is 3.25. The van der Waals surface area contributed by atoms with Gasteiger partial charge in [0.1, 0.15) is 0 Å². The maximum atomic E-state index is 3.38. The monoisotopic (exact) mass is 81.0 g/mol. The third-order valence-electron chi connectivity index (χ3n) is 0. The molecule has 0 bridgehead atoms. The van der Waals surface area contributed by atoms with Gasteiger partial charge in [0.05, 0.1) is 0 Å². The van der Waals surface area contributed by atoms with Crippen molar-refractivity contribution in [3.8, 4) is 0 Å². The second-order valence-electron chi connectivity index (χ2n) is 0.354. The Morgan fingerprint density at radius 2 is 1.25 bits per heavy atom. The fourth-order valence-corrected chi connectivity index (χ4v) is 0. The van der Waals surface area contributed by atoms with Gasteiger partial charge in [-0.05, 0) is 0 Å². The van der Waals surface area contributed by atoms with Crippen LogP contribution >= 0.6 is 0 Å². The van der Waals surface area contributed by atoms with Crippen LogP contribution in [0.5, 0.6) is 0 Å². The van der Waals surface area contributed by atoms with Crippen molar-refractivity contribution in [3.63, 3.8) is 0 Å². The van der Waals surface area contributed by atoms with Gasteiger partial charge >= 0.3 is 51.4 Å². The summed E-state index contributed by atoms with van der Waals surface area (Å²) in [6.07, 6.45) is 0.750. The van der Waals surface area contributed by atoms with Crippen LogP contribution in [0.15, 0.2) is 0 Å². The molecule has 0 aliphatic heterocycles. The van der Waals surface area contributed by atoms with E-state index in [1.54, 1.807) is 0 Å². The van der Waals surface area contributed by atoms with E-state index in [-0.39, 0.29) is 51.4 Å². The van der Waals surface area contributed by atoms with E-state index in [9.17, 15) is 0 Å². The van der Waals surface area contributed by atoms with Crippen LogP contribution in [0, 0.1) is 13.8 Å². The van der Waals surface area contributed by atoms with E-state index < -0.39 is 0 Å². The summed E-state index contributed by atoms with van der Waals surface area (Å²) in [7, 11) is 0. The molecule has 0 unspecified atom stereocenters. The molecule has 0 aliphatic rings. The average molecular weight is 81.2 g/mol. The van der Waals surface area contributed by atoms with Crippen LogP contribution in [-0.2, 0) is 0 Å². The molecule has 0 aliphatic carbocycles. The van der Waals surface area contributed by atoms with E-state index in [2.05, 4.69) is 13.8 Å². The summed E-state index contributed by atoms with van der Waals surface area (Å²) in [5, 5.41) is 0. The SMILES string of the molecule is [CH2-]C[CH2-].[K+]. The third-order valence-corrected chi connectivity index (χ3v) is 0. The minimum absolute atomic E-state index is 0. The van der Waals surface area contributed by atoms with Gasteiger partial charge in [-0.2, -0.15) is 0 Å². The molecular weight excluding hydrogens is 75.1 g/mol. The number of rotatable bonds is 0. The van der Waals surface area contributed by atoms with Crippen molar-refractivity contribution in [2.75, 3.05) is 0 Å². The summed E-state index contributed by atoms with van der Waals surface area (Å²) >= 11 is 0. The predicted molar refractivity (Wildman–Crippen MR) is 15.3 cm³/mol. The molecule has 0 rings (SSSR count). The Hall–Kier alpha value is 1.64. The summed E-state index contributed by atoms with van der Waals surface area (Å²) in [5.41, 5.74) is 0. The first-order valence-electron chi connectivity index (χ1n) is 1.000. The van der Waals surface area contributed by atoms with Crippen LogP contribution in [0.25, 0.3) is 0 Å². The maximum Gasteiger partial charge on any atom is 1.00 e. The van der Waals surface area contributed by atoms with Crippen LogP contribution in [0.2, 0.25) is 0 Å². The summed E-state index contributed by atoms with van der Waals surface area (Å²) in [6, 6.07) is 0. The van der Waals surface area contributed by atoms with Gasteiger partial charge < -0.3 is 20.3 Å². The number of hydrogen-bond donors (Lipinski definition) is 0. The minimum Gasteiger partial charge on any atom is -0.372 e. The van der Waals surface area contributed by atoms with Gasteiger partial charge in [-0.25, -0.2) is 0 Å². The summed E-state index contributed by atoms with van der Waals surface area (Å²) in [5.74, 6) is 0. The van der Waals surface area contributed by atoms with Crippen molar-refractivity contribution in [2.45, 2.75) is 6.42 Å². The molecule has 0 amide bonds. The van der Waals surface area contributed by atoms with Crippen molar-refractivity contribution in [2.24, 2.45) is 0 Å². The molecule has 0 aromatic heterocycles. The Balaban J connectivity index is 0. The quantitative estimate of drug-likeness (QED) is 0.235. The smallest absolute Gasteiger partial charge is 0.372 e. The molecule has 4 heavy (non-hydrogen) atoms. The molecule has 1 heteroatoms. The molecule has 0 heterocycles. The largest absolute Gasteiger partial charge is 1.00 e. The Morgan fingerprint density at radius 1 is 1.25 bits per heavy atom. The van der Waals surface area contributed by atoms with Crippen LogP contribution < -0.4 is 51.4 Å². The molecule has 0 saturated heterocycles. The fourth-order valence-electron chi connectivity index (χ4n) is 0. The van der Waals surface area contributed by atoms with Gasteiger partial charge in [-0.3, -0.25) is 0 Å². The van der Waals surface area contributed by atoms with Crippen molar-refractivity contribution in [3.05, 3.63) is 13.8 Å². The Morgan fingerprint density at radius 3 is 1.25 bits per heavy atom. The molecule has 0 atom stereocenters. The topological polar surface area (TPSA) is 0 Å². The van der Waals surface area contributed by atoms with Crippen LogP contribution in [0.3, 0.4) is 0 Å². The van der Waals surface area contributed by atoms with Crippen LogP contribution in [0.1, 0.15) is 6.42 Å². The molecule has 0 fully saturated rings. The molecule has 20 valence electrons. The molecule has 0 aromatic carbocycles. The van der Waals surface area contributed by atoms with E-state index in [0.29, 0.717) is 0 Å².